The molecule has 1 atom stereocenters. The van der Waals surface area contributed by atoms with E-state index in [1.165, 1.54) is 11.8 Å². The van der Waals surface area contributed by atoms with Crippen molar-refractivity contribution in [1.29, 1.82) is 0 Å². The Kier molecular flexibility index (Phi) is 4.54. The molecule has 24 heavy (non-hydrogen) atoms. The smallest absolute Gasteiger partial charge is 0.329 e. The average molecular weight is 348 g/mol. The third-order valence-electron chi connectivity index (χ3n) is 4.64. The number of carboxylic acids is 1. The fraction of sp³-hybridized carbons (Fsp3) is 0.471. The second kappa shape index (κ2) is 6.47. The second-order valence-corrected chi connectivity index (χ2v) is 7.74. The quantitative estimate of drug-likeness (QED) is 0.780. The second-order valence-electron chi connectivity index (χ2n) is 6.36. The van der Waals surface area contributed by atoms with Gasteiger partial charge in [-0.1, -0.05) is 19.3 Å². The van der Waals surface area contributed by atoms with E-state index in [1.807, 2.05) is 6.92 Å². The summed E-state index contributed by atoms with van der Waals surface area (Å²) in [5, 5.41) is 14.9. The Morgan fingerprint density at radius 2 is 2.00 bits per heavy atom. The summed E-state index contributed by atoms with van der Waals surface area (Å²) in [6, 6.07) is 5.07. The Hall–Kier alpha value is -2.02. The molecule has 1 aromatic carbocycles. The molecule has 0 bridgehead atoms. The van der Waals surface area contributed by atoms with Gasteiger partial charge < -0.3 is 15.7 Å². The zero-order chi connectivity index (χ0) is 17.3. The number of rotatable bonds is 3. The topological polar surface area (TPSA) is 95.5 Å². The summed E-state index contributed by atoms with van der Waals surface area (Å²) in [6.45, 7) is 1.82. The lowest BCUT2D eigenvalue weighted by Crippen LogP contribution is -2.55. The van der Waals surface area contributed by atoms with Crippen molar-refractivity contribution in [2.45, 2.75) is 54.7 Å². The highest BCUT2D eigenvalue weighted by molar-refractivity contribution is 8.00. The van der Waals surface area contributed by atoms with E-state index in [4.69, 9.17) is 0 Å². The summed E-state index contributed by atoms with van der Waals surface area (Å²) in [6.07, 6.45) is 3.47. The maximum atomic E-state index is 12.6. The number of carbonyl (C=O) groups is 3. The van der Waals surface area contributed by atoms with Gasteiger partial charge in [0.15, 0.2) is 0 Å². The summed E-state index contributed by atoms with van der Waals surface area (Å²) >= 11 is 1.44. The van der Waals surface area contributed by atoms with E-state index in [0.29, 0.717) is 24.1 Å². The number of anilines is 1. The van der Waals surface area contributed by atoms with Crippen LogP contribution in [-0.2, 0) is 9.59 Å². The van der Waals surface area contributed by atoms with Crippen LogP contribution in [0.5, 0.6) is 0 Å². The molecule has 1 heterocycles. The molecular formula is C17H20N2O4S. The molecule has 1 aromatic rings. The van der Waals surface area contributed by atoms with Gasteiger partial charge in [-0.15, -0.1) is 11.8 Å². The van der Waals surface area contributed by atoms with Crippen LogP contribution in [0.25, 0.3) is 0 Å². The van der Waals surface area contributed by atoms with Crippen molar-refractivity contribution in [1.82, 2.24) is 5.32 Å². The maximum absolute atomic E-state index is 12.6. The van der Waals surface area contributed by atoms with Gasteiger partial charge in [-0.2, -0.15) is 0 Å². The number of hydrogen-bond donors (Lipinski definition) is 3. The highest BCUT2D eigenvalue weighted by Gasteiger charge is 2.41. The molecule has 0 spiro atoms. The summed E-state index contributed by atoms with van der Waals surface area (Å²) in [5.41, 5.74) is -0.225. The molecule has 6 nitrogen and oxygen atoms in total. The van der Waals surface area contributed by atoms with Gasteiger partial charge in [0.25, 0.3) is 5.91 Å². The monoisotopic (exact) mass is 348 g/mol. The van der Waals surface area contributed by atoms with Gasteiger partial charge in [0.2, 0.25) is 5.91 Å². The zero-order valence-corrected chi connectivity index (χ0v) is 14.2. The van der Waals surface area contributed by atoms with Gasteiger partial charge in [-0.25, -0.2) is 4.79 Å². The van der Waals surface area contributed by atoms with E-state index < -0.39 is 17.4 Å². The van der Waals surface area contributed by atoms with Crippen molar-refractivity contribution >= 4 is 35.2 Å². The van der Waals surface area contributed by atoms with Crippen LogP contribution in [0.2, 0.25) is 0 Å². The van der Waals surface area contributed by atoms with Gasteiger partial charge in [0.1, 0.15) is 5.54 Å². The van der Waals surface area contributed by atoms with Crippen LogP contribution in [0.15, 0.2) is 23.1 Å². The minimum absolute atomic E-state index is 0.0978. The Bertz CT molecular complexity index is 698. The largest absolute Gasteiger partial charge is 0.480 e. The van der Waals surface area contributed by atoms with E-state index in [9.17, 15) is 19.5 Å². The highest BCUT2D eigenvalue weighted by atomic mass is 32.2. The number of amides is 2. The number of hydrogen-bond acceptors (Lipinski definition) is 4. The Balaban J connectivity index is 1.81. The number of carbonyl (C=O) groups excluding carboxylic acids is 2. The minimum Gasteiger partial charge on any atom is -0.480 e. The van der Waals surface area contributed by atoms with Gasteiger partial charge in [0, 0.05) is 10.5 Å². The van der Waals surface area contributed by atoms with Crippen molar-refractivity contribution in [2.24, 2.45) is 0 Å². The predicted molar refractivity (Wildman–Crippen MR) is 91.3 cm³/mol. The standard InChI is InChI=1S/C17H20N2O4S/c1-10-14(20)18-12-9-11(5-6-13(12)24-10)15(21)19-17(16(22)23)7-3-2-4-8-17/h5-6,9-10H,2-4,7-8H2,1H3,(H,18,20)(H,19,21)(H,22,23). The van der Waals surface area contributed by atoms with Crippen molar-refractivity contribution in [3.63, 3.8) is 0 Å². The summed E-state index contributed by atoms with van der Waals surface area (Å²) in [4.78, 5) is 36.9. The van der Waals surface area contributed by atoms with Gasteiger partial charge in [-0.05, 0) is 38.0 Å². The van der Waals surface area contributed by atoms with E-state index >= 15 is 0 Å². The number of thioether (sulfide) groups is 1. The van der Waals surface area contributed by atoms with Crippen LogP contribution in [0, 0.1) is 0 Å². The van der Waals surface area contributed by atoms with Crippen LogP contribution >= 0.6 is 11.8 Å². The lowest BCUT2D eigenvalue weighted by molar-refractivity contribution is -0.145. The van der Waals surface area contributed by atoms with Crippen molar-refractivity contribution < 1.29 is 19.5 Å². The van der Waals surface area contributed by atoms with E-state index in [0.717, 1.165) is 24.2 Å². The minimum atomic E-state index is -1.18. The molecule has 3 N–H and O–H groups in total. The van der Waals surface area contributed by atoms with E-state index in [-0.39, 0.29) is 11.2 Å². The third-order valence-corrected chi connectivity index (χ3v) is 5.82. The fourth-order valence-corrected chi connectivity index (χ4v) is 4.12. The van der Waals surface area contributed by atoms with E-state index in [2.05, 4.69) is 10.6 Å². The summed E-state index contributed by atoms with van der Waals surface area (Å²) in [5.74, 6) is -1.49. The highest BCUT2D eigenvalue weighted by Crippen LogP contribution is 2.36. The molecule has 1 saturated carbocycles. The van der Waals surface area contributed by atoms with Crippen LogP contribution in [0.1, 0.15) is 49.4 Å². The molecule has 1 aliphatic carbocycles. The average Bonchev–Trinajstić information content (AvgIpc) is 2.56. The van der Waals surface area contributed by atoms with Crippen LogP contribution in [0.4, 0.5) is 5.69 Å². The lowest BCUT2D eigenvalue weighted by Gasteiger charge is -2.34. The third kappa shape index (κ3) is 3.13. The van der Waals surface area contributed by atoms with Crippen LogP contribution < -0.4 is 10.6 Å². The first-order valence-electron chi connectivity index (χ1n) is 8.09. The Morgan fingerprint density at radius 3 is 2.67 bits per heavy atom. The first-order valence-corrected chi connectivity index (χ1v) is 8.97. The molecule has 2 aliphatic rings. The molecule has 1 fully saturated rings. The molecule has 0 saturated heterocycles. The molecular weight excluding hydrogens is 328 g/mol. The van der Waals surface area contributed by atoms with Crippen molar-refractivity contribution in [3.8, 4) is 0 Å². The van der Waals surface area contributed by atoms with Crippen molar-refractivity contribution in [3.05, 3.63) is 23.8 Å². The molecule has 128 valence electrons. The Labute approximate surface area is 144 Å². The van der Waals surface area contributed by atoms with Gasteiger partial charge in [0.05, 0.1) is 10.9 Å². The number of carboxylic acid groups (broad SMARTS) is 1. The predicted octanol–water partition coefficient (Wildman–Crippen LogP) is 2.64. The van der Waals surface area contributed by atoms with Gasteiger partial charge >= 0.3 is 5.97 Å². The SMILES string of the molecule is CC1Sc2ccc(C(=O)NC3(C(=O)O)CCCCC3)cc2NC1=O. The molecule has 7 heteroatoms. The maximum Gasteiger partial charge on any atom is 0.329 e. The first-order chi connectivity index (χ1) is 11.4. The van der Waals surface area contributed by atoms with Crippen LogP contribution in [-0.4, -0.2) is 33.7 Å². The number of nitrogens with one attached hydrogen (secondary N) is 2. The number of aliphatic carboxylic acids is 1. The summed E-state index contributed by atoms with van der Waals surface area (Å²) in [7, 11) is 0. The molecule has 0 radical (unpaired) electrons. The number of fused-ring (bicyclic) bond motifs is 1. The van der Waals surface area contributed by atoms with Gasteiger partial charge in [-0.3, -0.25) is 9.59 Å². The lowest BCUT2D eigenvalue weighted by atomic mass is 9.81. The molecule has 2 amide bonds. The van der Waals surface area contributed by atoms with E-state index in [1.54, 1.807) is 18.2 Å². The number of benzene rings is 1. The molecule has 1 aliphatic heterocycles. The summed E-state index contributed by atoms with van der Waals surface area (Å²) < 4.78 is 0. The van der Waals surface area contributed by atoms with Crippen LogP contribution in [0.3, 0.4) is 0 Å². The Morgan fingerprint density at radius 1 is 1.29 bits per heavy atom. The first kappa shape index (κ1) is 16.8. The zero-order valence-electron chi connectivity index (χ0n) is 13.4. The van der Waals surface area contributed by atoms with Crippen molar-refractivity contribution in [2.75, 3.05) is 5.32 Å². The molecule has 0 aromatic heterocycles. The molecule has 3 rings (SSSR count). The fourth-order valence-electron chi connectivity index (χ4n) is 3.19. The molecule has 1 unspecified atom stereocenters. The normalized spacial score (nSPS) is 22.2.